The van der Waals surface area contributed by atoms with Gasteiger partial charge in [0.1, 0.15) is 11.5 Å². The summed E-state index contributed by atoms with van der Waals surface area (Å²) in [5.41, 5.74) is 7.87. The Morgan fingerprint density at radius 1 is 1.23 bits per heavy atom. The molecule has 0 bridgehead atoms. The van der Waals surface area contributed by atoms with Crippen LogP contribution in [-0.4, -0.2) is 16.4 Å². The molecule has 3 N–H and O–H groups in total. The molecule has 0 saturated carbocycles. The lowest BCUT2D eigenvalue weighted by molar-refractivity contribution is -0.116. The highest BCUT2D eigenvalue weighted by Gasteiger charge is 2.25. The molecule has 2 aromatic heterocycles. The summed E-state index contributed by atoms with van der Waals surface area (Å²) >= 11 is 1.40. The fraction of sp³-hybridized carbons (Fsp3) is 0.278. The maximum Gasteiger partial charge on any atom is 0.420 e. The van der Waals surface area contributed by atoms with E-state index in [1.165, 1.54) is 15.9 Å². The zero-order chi connectivity index (χ0) is 18.3. The second kappa shape index (κ2) is 6.45. The number of aryl methyl sites for hydroxylation is 1. The van der Waals surface area contributed by atoms with E-state index in [-0.39, 0.29) is 6.54 Å². The number of fused-ring (bicyclic) bond motifs is 2. The third-order valence-corrected chi connectivity index (χ3v) is 5.75. The Hall–Kier alpha value is -2.87. The minimum absolute atomic E-state index is 0.198. The number of primary amides is 1. The van der Waals surface area contributed by atoms with Gasteiger partial charge in [0.15, 0.2) is 5.58 Å². The van der Waals surface area contributed by atoms with Crippen molar-refractivity contribution in [3.63, 3.8) is 0 Å². The predicted molar refractivity (Wildman–Crippen MR) is 98.6 cm³/mol. The second-order valence-corrected chi connectivity index (χ2v) is 7.35. The van der Waals surface area contributed by atoms with Crippen molar-refractivity contribution in [3.8, 4) is 0 Å². The number of thiophene rings is 1. The molecular weight excluding hydrogens is 354 g/mol. The summed E-state index contributed by atoms with van der Waals surface area (Å²) in [6.45, 7) is -0.198. The molecule has 0 fully saturated rings. The van der Waals surface area contributed by atoms with Gasteiger partial charge >= 0.3 is 5.76 Å². The number of carbonyl (C=O) groups is 2. The summed E-state index contributed by atoms with van der Waals surface area (Å²) in [6.07, 6.45) is 3.76. The second-order valence-electron chi connectivity index (χ2n) is 6.25. The maximum atomic E-state index is 12.5. The lowest BCUT2D eigenvalue weighted by Gasteiger charge is -2.11. The molecule has 3 aromatic rings. The number of hydrogen-bond donors (Lipinski definition) is 2. The van der Waals surface area contributed by atoms with Gasteiger partial charge in [-0.2, -0.15) is 0 Å². The summed E-state index contributed by atoms with van der Waals surface area (Å²) in [6, 6.07) is 6.91. The van der Waals surface area contributed by atoms with Gasteiger partial charge in [0.2, 0.25) is 5.91 Å². The highest BCUT2D eigenvalue weighted by molar-refractivity contribution is 7.17. The van der Waals surface area contributed by atoms with Gasteiger partial charge in [0.25, 0.3) is 5.91 Å². The first kappa shape index (κ1) is 16.6. The number of carbonyl (C=O) groups excluding carboxylic acids is 2. The van der Waals surface area contributed by atoms with E-state index in [9.17, 15) is 14.4 Å². The Morgan fingerprint density at radius 2 is 2.00 bits per heavy atom. The molecule has 1 aliphatic carbocycles. The smallest absolute Gasteiger partial charge is 0.408 e. The van der Waals surface area contributed by atoms with Gasteiger partial charge in [0.05, 0.1) is 11.1 Å². The van der Waals surface area contributed by atoms with Crippen LogP contribution in [0.2, 0.25) is 0 Å². The molecule has 4 rings (SSSR count). The van der Waals surface area contributed by atoms with Gasteiger partial charge in [0, 0.05) is 4.88 Å². The van der Waals surface area contributed by atoms with Gasteiger partial charge in [-0.05, 0) is 43.4 Å². The molecule has 0 spiro atoms. The number of benzene rings is 1. The normalized spacial score (nSPS) is 13.5. The first-order chi connectivity index (χ1) is 12.5. The number of nitrogens with zero attached hydrogens (tertiary/aromatic N) is 1. The lowest BCUT2D eigenvalue weighted by Crippen LogP contribution is -2.25. The van der Waals surface area contributed by atoms with Crippen molar-refractivity contribution in [1.82, 2.24) is 4.57 Å². The zero-order valence-electron chi connectivity index (χ0n) is 13.9. The van der Waals surface area contributed by atoms with Crippen molar-refractivity contribution in [2.75, 3.05) is 5.32 Å². The molecule has 0 saturated heterocycles. The van der Waals surface area contributed by atoms with E-state index in [0.717, 1.165) is 36.1 Å². The van der Waals surface area contributed by atoms with Gasteiger partial charge in [-0.15, -0.1) is 11.3 Å². The average Bonchev–Trinajstić information content (AvgIpc) is 3.12. The third-order valence-electron chi connectivity index (χ3n) is 4.55. The molecule has 2 heterocycles. The van der Waals surface area contributed by atoms with E-state index >= 15 is 0 Å². The van der Waals surface area contributed by atoms with Gasteiger partial charge < -0.3 is 15.5 Å². The van der Waals surface area contributed by atoms with E-state index in [0.29, 0.717) is 21.7 Å². The fourth-order valence-corrected chi connectivity index (χ4v) is 4.70. The van der Waals surface area contributed by atoms with Crippen LogP contribution >= 0.6 is 11.3 Å². The van der Waals surface area contributed by atoms with Crippen molar-refractivity contribution >= 4 is 39.3 Å². The van der Waals surface area contributed by atoms with Crippen molar-refractivity contribution < 1.29 is 14.0 Å². The minimum atomic E-state index is -0.595. The van der Waals surface area contributed by atoms with Crippen LogP contribution < -0.4 is 16.8 Å². The Balaban J connectivity index is 1.63. The van der Waals surface area contributed by atoms with Crippen LogP contribution in [0.3, 0.4) is 0 Å². The van der Waals surface area contributed by atoms with Crippen LogP contribution in [-0.2, 0) is 24.2 Å². The van der Waals surface area contributed by atoms with E-state index in [1.807, 2.05) is 0 Å². The topological polar surface area (TPSA) is 107 Å². The highest BCUT2D eigenvalue weighted by Crippen LogP contribution is 2.37. The van der Waals surface area contributed by atoms with Crippen molar-refractivity contribution in [2.24, 2.45) is 5.73 Å². The summed E-state index contributed by atoms with van der Waals surface area (Å²) in [4.78, 5) is 37.5. The van der Waals surface area contributed by atoms with Crippen LogP contribution in [0.4, 0.5) is 5.00 Å². The van der Waals surface area contributed by atoms with Crippen LogP contribution in [0.5, 0.6) is 0 Å². The van der Waals surface area contributed by atoms with Gasteiger partial charge in [-0.25, -0.2) is 4.79 Å². The molecule has 0 aliphatic heterocycles. The van der Waals surface area contributed by atoms with Gasteiger partial charge in [-0.1, -0.05) is 12.1 Å². The summed E-state index contributed by atoms with van der Waals surface area (Å²) in [7, 11) is 0. The minimum Gasteiger partial charge on any atom is -0.408 e. The Bertz CT molecular complexity index is 1080. The molecule has 1 aliphatic rings. The molecule has 1 aromatic carbocycles. The number of hydrogen-bond acceptors (Lipinski definition) is 5. The molecule has 0 unspecified atom stereocenters. The first-order valence-electron chi connectivity index (χ1n) is 8.37. The molecule has 2 amide bonds. The Morgan fingerprint density at radius 3 is 2.81 bits per heavy atom. The number of oxazole rings is 1. The number of nitrogens with one attached hydrogen (secondary N) is 1. The number of nitrogens with two attached hydrogens (primary N) is 1. The van der Waals surface area contributed by atoms with Gasteiger partial charge in [-0.3, -0.25) is 14.2 Å². The molecule has 134 valence electrons. The van der Waals surface area contributed by atoms with Crippen LogP contribution in [0.25, 0.3) is 11.1 Å². The standard InChI is InChI=1S/C18H17N3O4S/c19-16(23)15-10-5-1-4-8-13(10)26-17(15)20-14(22)9-21-11-6-2-3-7-12(11)25-18(21)24/h2-3,6-7H,1,4-5,8-9H2,(H2,19,23)(H,20,22). The van der Waals surface area contributed by atoms with E-state index in [1.54, 1.807) is 24.3 Å². The zero-order valence-corrected chi connectivity index (χ0v) is 14.7. The third kappa shape index (κ3) is 2.82. The Labute approximate surface area is 152 Å². The van der Waals surface area contributed by atoms with E-state index in [4.69, 9.17) is 10.2 Å². The first-order valence-corrected chi connectivity index (χ1v) is 9.19. The van der Waals surface area contributed by atoms with Crippen LogP contribution in [0.15, 0.2) is 33.5 Å². The largest absolute Gasteiger partial charge is 0.420 e. The van der Waals surface area contributed by atoms with Crippen molar-refractivity contribution in [2.45, 2.75) is 32.2 Å². The molecule has 7 nitrogen and oxygen atoms in total. The number of rotatable bonds is 4. The van der Waals surface area contributed by atoms with E-state index in [2.05, 4.69) is 5.32 Å². The Kier molecular flexibility index (Phi) is 4.12. The van der Waals surface area contributed by atoms with Crippen molar-refractivity contribution in [1.29, 1.82) is 0 Å². The summed E-state index contributed by atoms with van der Waals surface area (Å²) in [5, 5.41) is 3.22. The lowest BCUT2D eigenvalue weighted by atomic mass is 9.95. The molecule has 26 heavy (non-hydrogen) atoms. The predicted octanol–water partition coefficient (Wildman–Crippen LogP) is 2.27. The molecular formula is C18H17N3O4S. The highest BCUT2D eigenvalue weighted by atomic mass is 32.1. The number of aromatic nitrogens is 1. The molecule has 0 radical (unpaired) electrons. The molecule has 0 atom stereocenters. The SMILES string of the molecule is NC(=O)c1c(NC(=O)Cn2c(=O)oc3ccccc32)sc2c1CCCC2. The molecule has 8 heteroatoms. The quantitative estimate of drug-likeness (QED) is 0.733. The van der Waals surface area contributed by atoms with Crippen molar-refractivity contribution in [3.05, 3.63) is 50.8 Å². The number of para-hydroxylation sites is 2. The summed E-state index contributed by atoms with van der Waals surface area (Å²) in [5.74, 6) is -1.53. The number of anilines is 1. The monoisotopic (exact) mass is 371 g/mol. The fourth-order valence-electron chi connectivity index (χ4n) is 3.39. The van der Waals surface area contributed by atoms with Crippen LogP contribution in [0.1, 0.15) is 33.6 Å². The number of amides is 2. The average molecular weight is 371 g/mol. The van der Waals surface area contributed by atoms with Crippen LogP contribution in [0, 0.1) is 0 Å². The van der Waals surface area contributed by atoms with E-state index < -0.39 is 17.6 Å². The maximum absolute atomic E-state index is 12.5. The summed E-state index contributed by atoms with van der Waals surface area (Å²) < 4.78 is 6.40.